The van der Waals surface area contributed by atoms with Gasteiger partial charge in [-0.1, -0.05) is 6.07 Å². The third-order valence-electron chi connectivity index (χ3n) is 3.14. The standard InChI is InChI=1S/C17H21N3O3S/c1-12-5-6-14(24(22,23)20-17(2,3)4)11-15(12)16(21)19-13-7-9-18-10-8-13/h5-11,20H,1-4H3,(H,18,19,21). The molecular formula is C17H21N3O3S. The largest absolute Gasteiger partial charge is 0.322 e. The first-order valence-electron chi connectivity index (χ1n) is 7.44. The van der Waals surface area contributed by atoms with E-state index in [1.807, 2.05) is 0 Å². The first-order valence-corrected chi connectivity index (χ1v) is 8.93. The van der Waals surface area contributed by atoms with E-state index in [1.165, 1.54) is 12.1 Å². The van der Waals surface area contributed by atoms with Crippen molar-refractivity contribution in [3.05, 3.63) is 53.9 Å². The lowest BCUT2D eigenvalue weighted by Gasteiger charge is -2.20. The normalized spacial score (nSPS) is 12.0. The Labute approximate surface area is 142 Å². The minimum atomic E-state index is -3.70. The van der Waals surface area contributed by atoms with Crippen LogP contribution in [0, 0.1) is 6.92 Å². The maximum atomic E-state index is 12.5. The molecule has 2 rings (SSSR count). The number of carbonyl (C=O) groups is 1. The monoisotopic (exact) mass is 347 g/mol. The number of anilines is 1. The van der Waals surface area contributed by atoms with Crippen molar-refractivity contribution in [2.24, 2.45) is 0 Å². The highest BCUT2D eigenvalue weighted by Crippen LogP contribution is 2.19. The number of nitrogens with one attached hydrogen (secondary N) is 2. The summed E-state index contributed by atoms with van der Waals surface area (Å²) in [5, 5.41) is 2.73. The molecule has 2 N–H and O–H groups in total. The van der Waals surface area contributed by atoms with Crippen LogP contribution in [0.3, 0.4) is 0 Å². The highest BCUT2D eigenvalue weighted by atomic mass is 32.2. The minimum Gasteiger partial charge on any atom is -0.322 e. The van der Waals surface area contributed by atoms with Gasteiger partial charge in [0.2, 0.25) is 10.0 Å². The molecule has 0 saturated heterocycles. The number of amides is 1. The predicted molar refractivity (Wildman–Crippen MR) is 93.4 cm³/mol. The van der Waals surface area contributed by atoms with Gasteiger partial charge in [-0.05, 0) is 57.5 Å². The Bertz CT molecular complexity index is 841. The highest BCUT2D eigenvalue weighted by Gasteiger charge is 2.23. The molecular weight excluding hydrogens is 326 g/mol. The van der Waals surface area contributed by atoms with E-state index in [0.29, 0.717) is 16.8 Å². The second-order valence-corrected chi connectivity index (χ2v) is 8.20. The van der Waals surface area contributed by atoms with Crippen molar-refractivity contribution in [1.29, 1.82) is 0 Å². The van der Waals surface area contributed by atoms with E-state index >= 15 is 0 Å². The molecule has 24 heavy (non-hydrogen) atoms. The van der Waals surface area contributed by atoms with Crippen molar-refractivity contribution in [1.82, 2.24) is 9.71 Å². The van der Waals surface area contributed by atoms with E-state index in [2.05, 4.69) is 15.0 Å². The first kappa shape index (κ1) is 18.1. The van der Waals surface area contributed by atoms with Crippen LogP contribution >= 0.6 is 0 Å². The lowest BCUT2D eigenvalue weighted by molar-refractivity contribution is 0.102. The lowest BCUT2D eigenvalue weighted by atomic mass is 10.1. The van der Waals surface area contributed by atoms with Crippen molar-refractivity contribution in [3.8, 4) is 0 Å². The maximum Gasteiger partial charge on any atom is 0.255 e. The molecule has 7 heteroatoms. The zero-order chi connectivity index (χ0) is 18.0. The molecule has 128 valence electrons. The summed E-state index contributed by atoms with van der Waals surface area (Å²) < 4.78 is 27.5. The Morgan fingerprint density at radius 3 is 2.29 bits per heavy atom. The topological polar surface area (TPSA) is 88.2 Å². The van der Waals surface area contributed by atoms with Crippen LogP contribution in [0.25, 0.3) is 0 Å². The van der Waals surface area contributed by atoms with Gasteiger partial charge in [-0.3, -0.25) is 9.78 Å². The molecule has 6 nitrogen and oxygen atoms in total. The van der Waals surface area contributed by atoms with Gasteiger partial charge in [0, 0.05) is 29.2 Å². The number of aromatic nitrogens is 1. The molecule has 1 amide bonds. The molecule has 0 unspecified atom stereocenters. The number of hydrogen-bond acceptors (Lipinski definition) is 4. The molecule has 0 fully saturated rings. The van der Waals surface area contributed by atoms with Gasteiger partial charge in [0.05, 0.1) is 4.90 Å². The molecule has 2 aromatic rings. The molecule has 0 aliphatic heterocycles. The van der Waals surface area contributed by atoms with Crippen molar-refractivity contribution < 1.29 is 13.2 Å². The Balaban J connectivity index is 2.34. The summed E-state index contributed by atoms with van der Waals surface area (Å²) in [6.07, 6.45) is 3.13. The van der Waals surface area contributed by atoms with E-state index in [0.717, 1.165) is 0 Å². The van der Waals surface area contributed by atoms with Crippen molar-refractivity contribution in [2.45, 2.75) is 38.1 Å². The number of rotatable bonds is 4. The van der Waals surface area contributed by atoms with Gasteiger partial charge in [-0.2, -0.15) is 0 Å². The van der Waals surface area contributed by atoms with Crippen molar-refractivity contribution in [2.75, 3.05) is 5.32 Å². The highest BCUT2D eigenvalue weighted by molar-refractivity contribution is 7.89. The van der Waals surface area contributed by atoms with E-state index in [1.54, 1.807) is 58.3 Å². The van der Waals surface area contributed by atoms with Gasteiger partial charge in [-0.15, -0.1) is 0 Å². The van der Waals surface area contributed by atoms with Crippen LogP contribution < -0.4 is 10.0 Å². The fourth-order valence-corrected chi connectivity index (χ4v) is 3.55. The summed E-state index contributed by atoms with van der Waals surface area (Å²) in [6.45, 7) is 7.04. The Hall–Kier alpha value is -2.25. The first-order chi connectivity index (χ1) is 11.1. The number of pyridine rings is 1. The summed E-state index contributed by atoms with van der Waals surface area (Å²) in [7, 11) is -3.70. The smallest absolute Gasteiger partial charge is 0.255 e. The van der Waals surface area contributed by atoms with Gasteiger partial charge < -0.3 is 5.32 Å². The van der Waals surface area contributed by atoms with E-state index in [4.69, 9.17) is 0 Å². The molecule has 1 aromatic carbocycles. The van der Waals surface area contributed by atoms with Gasteiger partial charge in [-0.25, -0.2) is 13.1 Å². The molecule has 1 aromatic heterocycles. The predicted octanol–water partition coefficient (Wildman–Crippen LogP) is 2.72. The molecule has 0 atom stereocenters. The van der Waals surface area contributed by atoms with Crippen LogP contribution in [0.15, 0.2) is 47.6 Å². The quantitative estimate of drug-likeness (QED) is 0.890. The Morgan fingerprint density at radius 2 is 1.71 bits per heavy atom. The average Bonchev–Trinajstić information content (AvgIpc) is 2.46. The zero-order valence-electron chi connectivity index (χ0n) is 14.1. The third-order valence-corrected chi connectivity index (χ3v) is 4.90. The Kier molecular flexibility index (Phi) is 5.05. The fourth-order valence-electron chi connectivity index (χ4n) is 2.11. The second-order valence-electron chi connectivity index (χ2n) is 6.52. The number of carbonyl (C=O) groups excluding carboxylic acids is 1. The lowest BCUT2D eigenvalue weighted by Crippen LogP contribution is -2.40. The van der Waals surface area contributed by atoms with Gasteiger partial charge in [0.1, 0.15) is 0 Å². The summed E-state index contributed by atoms with van der Waals surface area (Å²) in [6, 6.07) is 7.83. The van der Waals surface area contributed by atoms with Crippen LogP contribution in [-0.4, -0.2) is 24.8 Å². The molecule has 0 saturated carbocycles. The van der Waals surface area contributed by atoms with E-state index in [9.17, 15) is 13.2 Å². The number of benzene rings is 1. The average molecular weight is 347 g/mol. The van der Waals surface area contributed by atoms with E-state index < -0.39 is 15.6 Å². The molecule has 0 spiro atoms. The minimum absolute atomic E-state index is 0.0582. The summed E-state index contributed by atoms with van der Waals surface area (Å²) in [4.78, 5) is 16.4. The number of sulfonamides is 1. The van der Waals surface area contributed by atoms with Crippen LogP contribution in [-0.2, 0) is 10.0 Å². The fraction of sp³-hybridized carbons (Fsp3) is 0.294. The van der Waals surface area contributed by atoms with Crippen LogP contribution in [0.2, 0.25) is 0 Å². The number of nitrogens with zero attached hydrogens (tertiary/aromatic N) is 1. The second kappa shape index (κ2) is 6.70. The summed E-state index contributed by atoms with van der Waals surface area (Å²) >= 11 is 0. The van der Waals surface area contributed by atoms with Crippen LogP contribution in [0.4, 0.5) is 5.69 Å². The van der Waals surface area contributed by atoms with Crippen LogP contribution in [0.1, 0.15) is 36.7 Å². The number of aryl methyl sites for hydroxylation is 1. The number of hydrogen-bond donors (Lipinski definition) is 2. The molecule has 0 aliphatic carbocycles. The molecule has 0 aliphatic rings. The van der Waals surface area contributed by atoms with Crippen molar-refractivity contribution in [3.63, 3.8) is 0 Å². The van der Waals surface area contributed by atoms with Gasteiger partial charge >= 0.3 is 0 Å². The molecule has 1 heterocycles. The molecule has 0 bridgehead atoms. The molecule has 0 radical (unpaired) electrons. The third kappa shape index (κ3) is 4.62. The SMILES string of the molecule is Cc1ccc(S(=O)(=O)NC(C)(C)C)cc1C(=O)Nc1ccncc1. The summed E-state index contributed by atoms with van der Waals surface area (Å²) in [5.74, 6) is -0.369. The van der Waals surface area contributed by atoms with E-state index in [-0.39, 0.29) is 10.8 Å². The maximum absolute atomic E-state index is 12.5. The Morgan fingerprint density at radius 1 is 1.08 bits per heavy atom. The van der Waals surface area contributed by atoms with Crippen LogP contribution in [0.5, 0.6) is 0 Å². The zero-order valence-corrected chi connectivity index (χ0v) is 14.9. The van der Waals surface area contributed by atoms with Gasteiger partial charge in [0.15, 0.2) is 0 Å². The van der Waals surface area contributed by atoms with Gasteiger partial charge in [0.25, 0.3) is 5.91 Å². The summed E-state index contributed by atoms with van der Waals surface area (Å²) in [5.41, 5.74) is 0.985. The van der Waals surface area contributed by atoms with Crippen molar-refractivity contribution >= 4 is 21.6 Å².